The molecule has 2 amide bonds. The number of carbonyl (C=O) groups is 1. The predicted octanol–water partition coefficient (Wildman–Crippen LogP) is 4.12. The van der Waals surface area contributed by atoms with E-state index in [4.69, 9.17) is 16.3 Å². The lowest BCUT2D eigenvalue weighted by molar-refractivity contribution is 0.239. The number of halogens is 2. The molecule has 0 bridgehead atoms. The third kappa shape index (κ3) is 7.23. The lowest BCUT2D eigenvalue weighted by Gasteiger charge is -2.10. The number of urea groups is 1. The standard InChI is InChI=1S/C18H20BrClN2O3/c19-14-4-7-17(16(20)12-14)25-11-1-9-21-18(24)22-10-8-13-2-5-15(23)6-3-13/h2-7,12,23H,1,8-11H2,(H2,21,22,24). The molecule has 0 fully saturated rings. The lowest BCUT2D eigenvalue weighted by atomic mass is 10.1. The summed E-state index contributed by atoms with van der Waals surface area (Å²) in [5.41, 5.74) is 1.05. The molecule has 0 atom stereocenters. The van der Waals surface area contributed by atoms with Gasteiger partial charge in [0.15, 0.2) is 0 Å². The van der Waals surface area contributed by atoms with Crippen molar-refractivity contribution in [2.75, 3.05) is 19.7 Å². The second-order valence-electron chi connectivity index (χ2n) is 5.38. The van der Waals surface area contributed by atoms with E-state index in [9.17, 15) is 9.90 Å². The summed E-state index contributed by atoms with van der Waals surface area (Å²) in [6.07, 6.45) is 1.39. The summed E-state index contributed by atoms with van der Waals surface area (Å²) in [7, 11) is 0. The van der Waals surface area contributed by atoms with Crippen LogP contribution in [0.4, 0.5) is 4.79 Å². The molecule has 2 aromatic carbocycles. The molecule has 0 radical (unpaired) electrons. The molecular formula is C18H20BrClN2O3. The highest BCUT2D eigenvalue weighted by Crippen LogP contribution is 2.27. The van der Waals surface area contributed by atoms with Crippen LogP contribution >= 0.6 is 27.5 Å². The average Bonchev–Trinajstić information content (AvgIpc) is 2.58. The van der Waals surface area contributed by atoms with E-state index in [1.54, 1.807) is 24.3 Å². The highest BCUT2D eigenvalue weighted by molar-refractivity contribution is 9.10. The molecule has 3 N–H and O–H groups in total. The minimum Gasteiger partial charge on any atom is -0.508 e. The summed E-state index contributed by atoms with van der Waals surface area (Å²) >= 11 is 9.40. The fourth-order valence-electron chi connectivity index (χ4n) is 2.09. The second-order valence-corrected chi connectivity index (χ2v) is 6.70. The Balaban J connectivity index is 1.55. The van der Waals surface area contributed by atoms with E-state index >= 15 is 0 Å². The average molecular weight is 428 g/mol. The summed E-state index contributed by atoms with van der Waals surface area (Å²) < 4.78 is 6.48. The quantitative estimate of drug-likeness (QED) is 0.555. The van der Waals surface area contributed by atoms with Crippen molar-refractivity contribution in [2.24, 2.45) is 0 Å². The number of carbonyl (C=O) groups excluding carboxylic acids is 1. The van der Waals surface area contributed by atoms with E-state index in [1.807, 2.05) is 18.2 Å². The molecule has 0 saturated carbocycles. The van der Waals surface area contributed by atoms with Gasteiger partial charge in [0.05, 0.1) is 11.6 Å². The van der Waals surface area contributed by atoms with Crippen molar-refractivity contribution in [3.8, 4) is 11.5 Å². The highest BCUT2D eigenvalue weighted by atomic mass is 79.9. The summed E-state index contributed by atoms with van der Waals surface area (Å²) in [4.78, 5) is 11.7. The van der Waals surface area contributed by atoms with E-state index in [0.29, 0.717) is 43.3 Å². The maximum Gasteiger partial charge on any atom is 0.314 e. The molecule has 0 saturated heterocycles. The van der Waals surface area contributed by atoms with Crippen molar-refractivity contribution in [3.63, 3.8) is 0 Å². The monoisotopic (exact) mass is 426 g/mol. The van der Waals surface area contributed by atoms with Crippen LogP contribution in [-0.4, -0.2) is 30.8 Å². The normalized spacial score (nSPS) is 10.3. The van der Waals surface area contributed by atoms with Gasteiger partial charge in [0.2, 0.25) is 0 Å². The number of aromatic hydroxyl groups is 1. The Labute approximate surface area is 160 Å². The fourth-order valence-corrected chi connectivity index (χ4v) is 2.82. The molecule has 0 spiro atoms. The first-order valence-electron chi connectivity index (χ1n) is 7.92. The van der Waals surface area contributed by atoms with Crippen molar-refractivity contribution in [1.29, 1.82) is 0 Å². The van der Waals surface area contributed by atoms with Gasteiger partial charge in [-0.3, -0.25) is 0 Å². The second kappa shape index (κ2) is 10.2. The van der Waals surface area contributed by atoms with Crippen LogP contribution in [0, 0.1) is 0 Å². The van der Waals surface area contributed by atoms with E-state index < -0.39 is 0 Å². The number of phenols is 1. The Hall–Kier alpha value is -1.92. The van der Waals surface area contributed by atoms with Gasteiger partial charge in [0.1, 0.15) is 11.5 Å². The van der Waals surface area contributed by atoms with Crippen LogP contribution in [-0.2, 0) is 6.42 Å². The summed E-state index contributed by atoms with van der Waals surface area (Å²) in [6.45, 7) is 1.51. The van der Waals surface area contributed by atoms with Crippen LogP contribution in [0.25, 0.3) is 0 Å². The van der Waals surface area contributed by atoms with Crippen molar-refractivity contribution in [2.45, 2.75) is 12.8 Å². The summed E-state index contributed by atoms with van der Waals surface area (Å²) in [6, 6.07) is 12.2. The lowest BCUT2D eigenvalue weighted by Crippen LogP contribution is -2.37. The molecule has 7 heteroatoms. The van der Waals surface area contributed by atoms with Gasteiger partial charge in [-0.2, -0.15) is 0 Å². The van der Waals surface area contributed by atoms with Crippen molar-refractivity contribution in [3.05, 3.63) is 57.5 Å². The van der Waals surface area contributed by atoms with Gasteiger partial charge in [-0.25, -0.2) is 4.79 Å². The van der Waals surface area contributed by atoms with Gasteiger partial charge in [-0.05, 0) is 48.7 Å². The molecule has 2 aromatic rings. The molecule has 0 aliphatic rings. The SMILES string of the molecule is O=C(NCCCOc1ccc(Br)cc1Cl)NCCc1ccc(O)cc1. The number of hydrogen-bond donors (Lipinski definition) is 3. The largest absolute Gasteiger partial charge is 0.508 e. The number of nitrogens with one attached hydrogen (secondary N) is 2. The molecule has 5 nitrogen and oxygen atoms in total. The Morgan fingerprint density at radius 2 is 1.84 bits per heavy atom. The van der Waals surface area contributed by atoms with Crippen LogP contribution in [0.5, 0.6) is 11.5 Å². The van der Waals surface area contributed by atoms with Crippen LogP contribution in [0.1, 0.15) is 12.0 Å². The Morgan fingerprint density at radius 1 is 1.12 bits per heavy atom. The van der Waals surface area contributed by atoms with Crippen LogP contribution in [0.2, 0.25) is 5.02 Å². The fraction of sp³-hybridized carbons (Fsp3) is 0.278. The zero-order valence-corrected chi connectivity index (χ0v) is 15.9. The zero-order chi connectivity index (χ0) is 18.1. The van der Waals surface area contributed by atoms with E-state index in [-0.39, 0.29) is 11.8 Å². The van der Waals surface area contributed by atoms with Gasteiger partial charge in [0.25, 0.3) is 0 Å². The van der Waals surface area contributed by atoms with E-state index in [2.05, 4.69) is 26.6 Å². The van der Waals surface area contributed by atoms with Gasteiger partial charge in [-0.1, -0.05) is 39.7 Å². The molecule has 2 rings (SSSR count). The van der Waals surface area contributed by atoms with Crippen LogP contribution < -0.4 is 15.4 Å². The molecule has 0 aliphatic carbocycles. The molecule has 0 heterocycles. The summed E-state index contributed by atoms with van der Waals surface area (Å²) in [5.74, 6) is 0.865. The number of ether oxygens (including phenoxy) is 1. The maximum atomic E-state index is 11.7. The molecular weight excluding hydrogens is 408 g/mol. The number of phenolic OH excluding ortho intramolecular Hbond substituents is 1. The van der Waals surface area contributed by atoms with Crippen molar-refractivity contribution < 1.29 is 14.6 Å². The maximum absolute atomic E-state index is 11.7. The minimum atomic E-state index is -0.208. The predicted molar refractivity (Wildman–Crippen MR) is 102 cm³/mol. The van der Waals surface area contributed by atoms with Crippen LogP contribution in [0.3, 0.4) is 0 Å². The van der Waals surface area contributed by atoms with E-state index in [1.165, 1.54) is 0 Å². The van der Waals surface area contributed by atoms with Crippen LogP contribution in [0.15, 0.2) is 46.9 Å². The zero-order valence-electron chi connectivity index (χ0n) is 13.6. The first-order valence-corrected chi connectivity index (χ1v) is 9.09. The van der Waals surface area contributed by atoms with Gasteiger partial charge in [-0.15, -0.1) is 0 Å². The molecule has 25 heavy (non-hydrogen) atoms. The number of benzene rings is 2. The number of rotatable bonds is 8. The number of amides is 2. The van der Waals surface area contributed by atoms with Crippen molar-refractivity contribution in [1.82, 2.24) is 10.6 Å². The third-order valence-electron chi connectivity index (χ3n) is 3.39. The molecule has 0 aliphatic heterocycles. The highest BCUT2D eigenvalue weighted by Gasteiger charge is 2.03. The Kier molecular flexibility index (Phi) is 7.88. The first-order chi connectivity index (χ1) is 12.0. The Morgan fingerprint density at radius 3 is 2.56 bits per heavy atom. The van der Waals surface area contributed by atoms with E-state index in [0.717, 1.165) is 10.0 Å². The van der Waals surface area contributed by atoms with Gasteiger partial charge >= 0.3 is 6.03 Å². The molecule has 0 unspecified atom stereocenters. The molecule has 134 valence electrons. The minimum absolute atomic E-state index is 0.208. The van der Waals surface area contributed by atoms with Crippen molar-refractivity contribution >= 4 is 33.6 Å². The smallest absolute Gasteiger partial charge is 0.314 e. The summed E-state index contributed by atoms with van der Waals surface area (Å²) in [5, 5.41) is 15.3. The molecule has 0 aromatic heterocycles. The topological polar surface area (TPSA) is 70.6 Å². The Bertz CT molecular complexity index is 695. The first kappa shape index (κ1) is 19.4. The number of hydrogen-bond acceptors (Lipinski definition) is 3. The van der Waals surface area contributed by atoms with Gasteiger partial charge < -0.3 is 20.5 Å². The van der Waals surface area contributed by atoms with Gasteiger partial charge in [0, 0.05) is 17.6 Å². The third-order valence-corrected chi connectivity index (χ3v) is 4.18.